The summed E-state index contributed by atoms with van der Waals surface area (Å²) in [5.41, 5.74) is 2.39. The molecule has 0 aromatic carbocycles. The number of nitrogens with one attached hydrogen (secondary N) is 2. The molecule has 0 radical (unpaired) electrons. The Morgan fingerprint density at radius 3 is 3.06 bits per heavy atom. The van der Waals surface area contributed by atoms with E-state index in [1.54, 1.807) is 0 Å². The van der Waals surface area contributed by atoms with Crippen LogP contribution in [0.15, 0.2) is 6.07 Å². The summed E-state index contributed by atoms with van der Waals surface area (Å²) >= 11 is 0. The molecule has 1 unspecified atom stereocenters. The fourth-order valence-electron chi connectivity index (χ4n) is 2.66. The first kappa shape index (κ1) is 13.6. The second-order valence-electron chi connectivity index (χ2n) is 5.42. The van der Waals surface area contributed by atoms with Gasteiger partial charge in [0.25, 0.3) is 0 Å². The summed E-state index contributed by atoms with van der Waals surface area (Å²) in [4.78, 5) is 0. The van der Waals surface area contributed by atoms with Crippen molar-refractivity contribution in [2.75, 3.05) is 26.2 Å². The van der Waals surface area contributed by atoms with E-state index in [4.69, 9.17) is 0 Å². The monoisotopic (exact) mass is 250 g/mol. The predicted octanol–water partition coefficient (Wildman–Crippen LogP) is 1.48. The van der Waals surface area contributed by atoms with Crippen LogP contribution in [0.1, 0.15) is 30.7 Å². The van der Waals surface area contributed by atoms with Crippen molar-refractivity contribution in [2.45, 2.75) is 39.7 Å². The second kappa shape index (κ2) is 6.90. The molecule has 2 rings (SSSR count). The van der Waals surface area contributed by atoms with Crippen LogP contribution in [0.4, 0.5) is 0 Å². The first-order valence-electron chi connectivity index (χ1n) is 7.18. The first-order valence-corrected chi connectivity index (χ1v) is 7.18. The van der Waals surface area contributed by atoms with Gasteiger partial charge in [-0.2, -0.15) is 5.10 Å². The maximum Gasteiger partial charge on any atom is 0.0596 e. The Hall–Kier alpha value is -0.870. The summed E-state index contributed by atoms with van der Waals surface area (Å²) in [5, 5.41) is 11.5. The molecule has 1 atom stereocenters. The lowest BCUT2D eigenvalue weighted by Gasteiger charge is -2.22. The number of rotatable bonds is 6. The van der Waals surface area contributed by atoms with E-state index < -0.39 is 0 Å². The van der Waals surface area contributed by atoms with Gasteiger partial charge in [-0.25, -0.2) is 0 Å². The molecule has 4 nitrogen and oxygen atoms in total. The minimum Gasteiger partial charge on any atom is -0.316 e. The zero-order valence-corrected chi connectivity index (χ0v) is 11.7. The smallest absolute Gasteiger partial charge is 0.0596 e. The number of hydrogen-bond donors (Lipinski definition) is 2. The van der Waals surface area contributed by atoms with Crippen molar-refractivity contribution in [3.05, 3.63) is 17.5 Å². The molecule has 0 saturated carbocycles. The Balaban J connectivity index is 1.57. The summed E-state index contributed by atoms with van der Waals surface area (Å²) in [6.45, 7) is 9.84. The van der Waals surface area contributed by atoms with Gasteiger partial charge in [0.15, 0.2) is 0 Å². The summed E-state index contributed by atoms with van der Waals surface area (Å²) in [5.74, 6) is 0.826. The number of piperidine rings is 1. The predicted molar refractivity (Wildman–Crippen MR) is 74.8 cm³/mol. The summed E-state index contributed by atoms with van der Waals surface area (Å²) in [7, 11) is 0. The molecule has 0 aliphatic carbocycles. The molecule has 2 N–H and O–H groups in total. The molecular weight excluding hydrogens is 224 g/mol. The van der Waals surface area contributed by atoms with Gasteiger partial charge in [-0.15, -0.1) is 0 Å². The first-order chi connectivity index (χ1) is 8.75. The van der Waals surface area contributed by atoms with Crippen LogP contribution in [-0.4, -0.2) is 36.0 Å². The third-order valence-electron chi connectivity index (χ3n) is 3.66. The highest BCUT2D eigenvalue weighted by molar-refractivity contribution is 5.06. The second-order valence-corrected chi connectivity index (χ2v) is 5.42. The maximum absolute atomic E-state index is 4.48. The molecule has 1 aliphatic rings. The molecule has 102 valence electrons. The quantitative estimate of drug-likeness (QED) is 0.752. The van der Waals surface area contributed by atoms with E-state index in [9.17, 15) is 0 Å². The van der Waals surface area contributed by atoms with Crippen LogP contribution in [0.5, 0.6) is 0 Å². The van der Waals surface area contributed by atoms with Crippen LogP contribution < -0.4 is 10.6 Å². The lowest BCUT2D eigenvalue weighted by molar-refractivity contribution is 0.358. The standard InChI is InChI=1S/C14H26N4/c1-12-9-13(2)18(17-12)8-4-7-16-11-14-5-3-6-15-10-14/h9,14-16H,3-8,10-11H2,1-2H3. The molecule has 1 aliphatic heterocycles. The fourth-order valence-corrected chi connectivity index (χ4v) is 2.66. The Morgan fingerprint density at radius 2 is 2.39 bits per heavy atom. The highest BCUT2D eigenvalue weighted by Crippen LogP contribution is 2.08. The van der Waals surface area contributed by atoms with Crippen LogP contribution in [-0.2, 0) is 6.54 Å². The van der Waals surface area contributed by atoms with E-state index in [0.29, 0.717) is 0 Å². The van der Waals surface area contributed by atoms with Gasteiger partial charge in [0.05, 0.1) is 5.69 Å². The van der Waals surface area contributed by atoms with E-state index in [2.05, 4.69) is 40.3 Å². The highest BCUT2D eigenvalue weighted by atomic mass is 15.3. The van der Waals surface area contributed by atoms with E-state index in [1.807, 2.05) is 0 Å². The largest absolute Gasteiger partial charge is 0.316 e. The SMILES string of the molecule is Cc1cc(C)n(CCCNCC2CCCNC2)n1. The van der Waals surface area contributed by atoms with Gasteiger partial charge in [0, 0.05) is 12.2 Å². The third kappa shape index (κ3) is 4.10. The minimum absolute atomic E-state index is 0.826. The lowest BCUT2D eigenvalue weighted by Crippen LogP contribution is -2.36. The van der Waals surface area contributed by atoms with Crippen LogP contribution in [0.25, 0.3) is 0 Å². The molecule has 0 bridgehead atoms. The van der Waals surface area contributed by atoms with Crippen molar-refractivity contribution < 1.29 is 0 Å². The molecule has 18 heavy (non-hydrogen) atoms. The van der Waals surface area contributed by atoms with Gasteiger partial charge in [0.2, 0.25) is 0 Å². The molecule has 0 amide bonds. The molecule has 4 heteroatoms. The highest BCUT2D eigenvalue weighted by Gasteiger charge is 2.11. The zero-order valence-electron chi connectivity index (χ0n) is 11.7. The van der Waals surface area contributed by atoms with Gasteiger partial charge in [0.1, 0.15) is 0 Å². The van der Waals surface area contributed by atoms with Gasteiger partial charge in [-0.1, -0.05) is 0 Å². The number of aryl methyl sites for hydroxylation is 3. The molecule has 1 fully saturated rings. The Labute approximate surface area is 110 Å². The Morgan fingerprint density at radius 1 is 1.50 bits per heavy atom. The average Bonchev–Trinajstić information content (AvgIpc) is 2.69. The third-order valence-corrected chi connectivity index (χ3v) is 3.66. The van der Waals surface area contributed by atoms with Crippen LogP contribution in [0.3, 0.4) is 0 Å². The molecule has 1 saturated heterocycles. The molecular formula is C14H26N4. The number of nitrogens with zero attached hydrogens (tertiary/aromatic N) is 2. The van der Waals surface area contributed by atoms with Crippen LogP contribution >= 0.6 is 0 Å². The van der Waals surface area contributed by atoms with Gasteiger partial charge < -0.3 is 10.6 Å². The topological polar surface area (TPSA) is 41.9 Å². The van der Waals surface area contributed by atoms with E-state index in [-0.39, 0.29) is 0 Å². The van der Waals surface area contributed by atoms with Crippen molar-refractivity contribution in [1.29, 1.82) is 0 Å². The van der Waals surface area contributed by atoms with Gasteiger partial charge >= 0.3 is 0 Å². The molecule has 1 aromatic rings. The normalized spacial score (nSPS) is 20.2. The Bertz CT molecular complexity index is 353. The van der Waals surface area contributed by atoms with Crippen molar-refractivity contribution in [1.82, 2.24) is 20.4 Å². The maximum atomic E-state index is 4.48. The molecule has 2 heterocycles. The Kier molecular flexibility index (Phi) is 5.20. The fraction of sp³-hybridized carbons (Fsp3) is 0.786. The number of hydrogen-bond acceptors (Lipinski definition) is 3. The average molecular weight is 250 g/mol. The van der Waals surface area contributed by atoms with Gasteiger partial charge in [-0.05, 0) is 71.3 Å². The van der Waals surface area contributed by atoms with E-state index in [0.717, 1.165) is 37.7 Å². The molecule has 1 aromatic heterocycles. The van der Waals surface area contributed by atoms with Crippen molar-refractivity contribution in [3.63, 3.8) is 0 Å². The minimum atomic E-state index is 0.826. The van der Waals surface area contributed by atoms with E-state index in [1.165, 1.54) is 31.6 Å². The summed E-state index contributed by atoms with van der Waals surface area (Å²) in [6, 6.07) is 2.14. The van der Waals surface area contributed by atoms with Gasteiger partial charge in [-0.3, -0.25) is 4.68 Å². The zero-order chi connectivity index (χ0) is 12.8. The van der Waals surface area contributed by atoms with Crippen LogP contribution in [0, 0.1) is 19.8 Å². The van der Waals surface area contributed by atoms with Crippen molar-refractivity contribution in [3.8, 4) is 0 Å². The number of aromatic nitrogens is 2. The molecule has 0 spiro atoms. The van der Waals surface area contributed by atoms with E-state index >= 15 is 0 Å². The lowest BCUT2D eigenvalue weighted by atomic mass is 10.00. The van der Waals surface area contributed by atoms with Crippen molar-refractivity contribution >= 4 is 0 Å². The van der Waals surface area contributed by atoms with Crippen LogP contribution in [0.2, 0.25) is 0 Å². The summed E-state index contributed by atoms with van der Waals surface area (Å²) < 4.78 is 2.11. The summed E-state index contributed by atoms with van der Waals surface area (Å²) in [6.07, 6.45) is 3.86. The van der Waals surface area contributed by atoms with Crippen molar-refractivity contribution in [2.24, 2.45) is 5.92 Å².